The molecule has 1 aromatic heterocycles. The lowest BCUT2D eigenvalue weighted by atomic mass is 9.94. The van der Waals surface area contributed by atoms with Crippen LogP contribution in [0, 0.1) is 5.82 Å². The molecule has 1 atom stereocenters. The molecular weight excluding hydrogens is 315 g/mol. The first-order valence-electron chi connectivity index (χ1n) is 8.83. The van der Waals surface area contributed by atoms with Crippen molar-refractivity contribution in [3.8, 4) is 0 Å². The highest BCUT2D eigenvalue weighted by Gasteiger charge is 2.25. The third kappa shape index (κ3) is 3.16. The van der Waals surface area contributed by atoms with Crippen LogP contribution in [0.4, 0.5) is 4.39 Å². The average Bonchev–Trinajstić information content (AvgIpc) is 2.91. The Morgan fingerprint density at radius 1 is 1.08 bits per heavy atom. The van der Waals surface area contributed by atoms with Crippen molar-refractivity contribution in [2.45, 2.75) is 25.2 Å². The summed E-state index contributed by atoms with van der Waals surface area (Å²) in [5.41, 5.74) is 2.83. The van der Waals surface area contributed by atoms with E-state index < -0.39 is 0 Å². The molecule has 0 bridgehead atoms. The van der Waals surface area contributed by atoms with Gasteiger partial charge in [0, 0.05) is 36.1 Å². The second-order valence-corrected chi connectivity index (χ2v) is 6.74. The molecule has 1 aliphatic heterocycles. The normalized spacial score (nSPS) is 18.3. The van der Waals surface area contributed by atoms with Gasteiger partial charge >= 0.3 is 0 Å². The van der Waals surface area contributed by atoms with Gasteiger partial charge < -0.3 is 9.88 Å². The van der Waals surface area contributed by atoms with E-state index in [2.05, 4.69) is 4.98 Å². The molecule has 1 unspecified atom stereocenters. The zero-order valence-corrected chi connectivity index (χ0v) is 14.0. The number of aromatic nitrogens is 1. The Labute approximate surface area is 146 Å². The molecule has 0 saturated carbocycles. The Hall–Kier alpha value is -2.62. The lowest BCUT2D eigenvalue weighted by molar-refractivity contribution is 0.0756. The van der Waals surface area contributed by atoms with Gasteiger partial charge in [-0.1, -0.05) is 36.8 Å². The molecule has 3 nitrogen and oxygen atoms in total. The van der Waals surface area contributed by atoms with Gasteiger partial charge in [0.05, 0.1) is 5.56 Å². The Balaban J connectivity index is 1.60. The molecule has 128 valence electrons. The number of hydrogen-bond acceptors (Lipinski definition) is 1. The van der Waals surface area contributed by atoms with Crippen molar-refractivity contribution in [2.24, 2.45) is 0 Å². The maximum Gasteiger partial charge on any atom is 0.256 e. The molecule has 1 fully saturated rings. The number of para-hydroxylation sites is 1. The molecule has 2 heterocycles. The molecule has 1 saturated heterocycles. The fourth-order valence-corrected chi connectivity index (χ4v) is 3.75. The molecule has 4 heteroatoms. The third-order valence-electron chi connectivity index (χ3n) is 5.12. The number of halogens is 1. The largest absolute Gasteiger partial charge is 0.360 e. The summed E-state index contributed by atoms with van der Waals surface area (Å²) in [4.78, 5) is 18.2. The van der Waals surface area contributed by atoms with Crippen molar-refractivity contribution in [3.63, 3.8) is 0 Å². The third-order valence-corrected chi connectivity index (χ3v) is 5.12. The van der Waals surface area contributed by atoms with E-state index in [9.17, 15) is 9.18 Å². The summed E-state index contributed by atoms with van der Waals surface area (Å²) >= 11 is 0. The highest BCUT2D eigenvalue weighted by molar-refractivity contribution is 6.06. The number of benzene rings is 2. The van der Waals surface area contributed by atoms with E-state index in [0.29, 0.717) is 6.54 Å². The SMILES string of the molecule is O=C(c1c[nH]c2ccccc12)N1CCCCC(c2ccc(F)cc2)C1. The molecule has 3 aromatic rings. The summed E-state index contributed by atoms with van der Waals surface area (Å²) in [5.74, 6) is 0.118. The standard InChI is InChI=1S/C21H21FN2O/c22-17-10-8-15(9-11-17)16-5-3-4-12-24(14-16)21(25)19-13-23-20-7-2-1-6-18(19)20/h1-2,6-11,13,16,23H,3-5,12,14H2. The first-order valence-corrected chi connectivity index (χ1v) is 8.83. The van der Waals surface area contributed by atoms with Crippen LogP contribution in [0.3, 0.4) is 0 Å². The molecule has 2 aromatic carbocycles. The van der Waals surface area contributed by atoms with Gasteiger partial charge in [-0.15, -0.1) is 0 Å². The molecular formula is C21H21FN2O. The Kier molecular flexibility index (Phi) is 4.26. The van der Waals surface area contributed by atoms with Crippen LogP contribution in [-0.4, -0.2) is 28.9 Å². The van der Waals surface area contributed by atoms with Gasteiger partial charge in [0.25, 0.3) is 5.91 Å². The molecule has 0 radical (unpaired) electrons. The summed E-state index contributed by atoms with van der Waals surface area (Å²) in [5, 5.41) is 0.968. The fourth-order valence-electron chi connectivity index (χ4n) is 3.75. The van der Waals surface area contributed by atoms with Gasteiger partial charge in [-0.25, -0.2) is 4.39 Å². The average molecular weight is 336 g/mol. The summed E-state index contributed by atoms with van der Waals surface area (Å²) in [7, 11) is 0. The highest BCUT2D eigenvalue weighted by Crippen LogP contribution is 2.28. The Morgan fingerprint density at radius 3 is 2.72 bits per heavy atom. The minimum absolute atomic E-state index is 0.0754. The van der Waals surface area contributed by atoms with Crippen LogP contribution in [0.2, 0.25) is 0 Å². The minimum Gasteiger partial charge on any atom is -0.360 e. The quantitative estimate of drug-likeness (QED) is 0.722. The molecule has 0 aliphatic carbocycles. The summed E-state index contributed by atoms with van der Waals surface area (Å²) in [6.45, 7) is 1.46. The number of nitrogens with one attached hydrogen (secondary N) is 1. The van der Waals surface area contributed by atoms with E-state index in [0.717, 1.165) is 47.8 Å². The predicted octanol–water partition coefficient (Wildman–Crippen LogP) is 4.72. The van der Waals surface area contributed by atoms with E-state index in [-0.39, 0.29) is 17.6 Å². The summed E-state index contributed by atoms with van der Waals surface area (Å²) in [6, 6.07) is 14.6. The van der Waals surface area contributed by atoms with Crippen LogP contribution in [0.25, 0.3) is 10.9 Å². The van der Waals surface area contributed by atoms with Gasteiger partial charge in [0.1, 0.15) is 5.82 Å². The van der Waals surface area contributed by atoms with Gasteiger partial charge in [-0.05, 0) is 36.6 Å². The minimum atomic E-state index is -0.218. The molecule has 4 rings (SSSR count). The maximum atomic E-state index is 13.2. The van der Waals surface area contributed by atoms with Crippen molar-refractivity contribution in [1.82, 2.24) is 9.88 Å². The van der Waals surface area contributed by atoms with E-state index in [4.69, 9.17) is 0 Å². The molecule has 1 aliphatic rings. The van der Waals surface area contributed by atoms with E-state index in [1.54, 1.807) is 0 Å². The number of carbonyl (C=O) groups is 1. The van der Waals surface area contributed by atoms with Gasteiger partial charge in [0.2, 0.25) is 0 Å². The van der Waals surface area contributed by atoms with Gasteiger partial charge in [0.15, 0.2) is 0 Å². The zero-order chi connectivity index (χ0) is 17.2. The molecule has 0 spiro atoms. The Morgan fingerprint density at radius 2 is 1.88 bits per heavy atom. The van der Waals surface area contributed by atoms with E-state index >= 15 is 0 Å². The second-order valence-electron chi connectivity index (χ2n) is 6.74. The van der Waals surface area contributed by atoms with Gasteiger partial charge in [-0.3, -0.25) is 4.79 Å². The zero-order valence-electron chi connectivity index (χ0n) is 14.0. The number of carbonyl (C=O) groups excluding carboxylic acids is 1. The summed E-state index contributed by atoms with van der Waals surface area (Å²) < 4.78 is 13.2. The Bertz CT molecular complexity index is 884. The van der Waals surface area contributed by atoms with Crippen LogP contribution < -0.4 is 0 Å². The monoisotopic (exact) mass is 336 g/mol. The van der Waals surface area contributed by atoms with E-state index in [1.807, 2.05) is 47.5 Å². The number of nitrogens with zero attached hydrogens (tertiary/aromatic N) is 1. The van der Waals surface area contributed by atoms with Crippen molar-refractivity contribution in [1.29, 1.82) is 0 Å². The number of amides is 1. The van der Waals surface area contributed by atoms with Crippen molar-refractivity contribution < 1.29 is 9.18 Å². The van der Waals surface area contributed by atoms with Crippen LogP contribution in [0.1, 0.15) is 41.1 Å². The first-order chi connectivity index (χ1) is 12.2. The smallest absolute Gasteiger partial charge is 0.256 e. The van der Waals surface area contributed by atoms with Crippen molar-refractivity contribution >= 4 is 16.8 Å². The number of hydrogen-bond donors (Lipinski definition) is 1. The first kappa shape index (κ1) is 15.9. The van der Waals surface area contributed by atoms with E-state index in [1.165, 1.54) is 12.1 Å². The topological polar surface area (TPSA) is 36.1 Å². The number of fused-ring (bicyclic) bond motifs is 1. The van der Waals surface area contributed by atoms with Crippen molar-refractivity contribution in [2.75, 3.05) is 13.1 Å². The van der Waals surface area contributed by atoms with Crippen LogP contribution in [-0.2, 0) is 0 Å². The second kappa shape index (κ2) is 6.71. The number of likely N-dealkylation sites (tertiary alicyclic amines) is 1. The lowest BCUT2D eigenvalue weighted by Gasteiger charge is -2.24. The number of rotatable bonds is 2. The van der Waals surface area contributed by atoms with Crippen molar-refractivity contribution in [3.05, 3.63) is 71.7 Å². The highest BCUT2D eigenvalue weighted by atomic mass is 19.1. The lowest BCUT2D eigenvalue weighted by Crippen LogP contribution is -2.34. The molecule has 1 N–H and O–H groups in total. The van der Waals surface area contributed by atoms with Crippen LogP contribution in [0.5, 0.6) is 0 Å². The number of aromatic amines is 1. The fraction of sp³-hybridized carbons (Fsp3) is 0.286. The van der Waals surface area contributed by atoms with Crippen LogP contribution >= 0.6 is 0 Å². The number of H-pyrrole nitrogens is 1. The molecule has 1 amide bonds. The summed E-state index contributed by atoms with van der Waals surface area (Å²) in [6.07, 6.45) is 4.93. The predicted molar refractivity (Wildman–Crippen MR) is 97.2 cm³/mol. The molecule has 25 heavy (non-hydrogen) atoms. The van der Waals surface area contributed by atoms with Gasteiger partial charge in [-0.2, -0.15) is 0 Å². The maximum absolute atomic E-state index is 13.2. The van der Waals surface area contributed by atoms with Crippen LogP contribution in [0.15, 0.2) is 54.7 Å².